The van der Waals surface area contributed by atoms with Gasteiger partial charge in [-0.2, -0.15) is 0 Å². The van der Waals surface area contributed by atoms with Gasteiger partial charge in [-0.1, -0.05) is 25.4 Å². The molecule has 2 aromatic heterocycles. The first kappa shape index (κ1) is 12.0. The summed E-state index contributed by atoms with van der Waals surface area (Å²) in [5, 5.41) is 0.522. The maximum absolute atomic E-state index is 6.09. The van der Waals surface area contributed by atoms with Crippen molar-refractivity contribution in [1.82, 2.24) is 19.5 Å². The first-order valence-electron chi connectivity index (χ1n) is 5.79. The topological polar surface area (TPSA) is 43.6 Å². The van der Waals surface area contributed by atoms with E-state index in [9.17, 15) is 0 Å². The lowest BCUT2D eigenvalue weighted by Gasteiger charge is -2.10. The van der Waals surface area contributed by atoms with Crippen molar-refractivity contribution in [3.63, 3.8) is 0 Å². The summed E-state index contributed by atoms with van der Waals surface area (Å²) in [6, 6.07) is 0. The summed E-state index contributed by atoms with van der Waals surface area (Å²) in [5.41, 5.74) is 0.963. The van der Waals surface area contributed by atoms with Crippen LogP contribution >= 0.6 is 11.6 Å². The lowest BCUT2D eigenvalue weighted by Crippen LogP contribution is -2.07. The quantitative estimate of drug-likeness (QED) is 0.784. The number of imidazole rings is 1. The fourth-order valence-electron chi connectivity index (χ4n) is 1.83. The van der Waals surface area contributed by atoms with Crippen LogP contribution < -0.4 is 0 Å². The molecule has 0 saturated carbocycles. The highest BCUT2D eigenvalue weighted by molar-refractivity contribution is 6.30. The van der Waals surface area contributed by atoms with E-state index in [1.807, 2.05) is 17.7 Å². The van der Waals surface area contributed by atoms with E-state index >= 15 is 0 Å². The SMILES string of the molecule is CCCc1nccn1-c1ncnc(Cl)c1CC. The molecule has 5 heteroatoms. The monoisotopic (exact) mass is 250 g/mol. The molecule has 0 N–H and O–H groups in total. The lowest BCUT2D eigenvalue weighted by atomic mass is 10.2. The Bertz CT molecular complexity index is 507. The molecule has 0 aliphatic heterocycles. The van der Waals surface area contributed by atoms with Crippen molar-refractivity contribution in [2.45, 2.75) is 33.1 Å². The summed E-state index contributed by atoms with van der Waals surface area (Å²) >= 11 is 6.09. The standard InChI is InChI=1S/C12H15ClN4/c1-3-5-10-14-6-7-17(10)12-9(4-2)11(13)15-8-16-12/h6-8H,3-5H2,1-2H3. The molecule has 0 fully saturated rings. The molecule has 0 bridgehead atoms. The molecule has 0 aliphatic carbocycles. The van der Waals surface area contributed by atoms with E-state index < -0.39 is 0 Å². The predicted molar refractivity (Wildman–Crippen MR) is 67.5 cm³/mol. The minimum Gasteiger partial charge on any atom is -0.288 e. The molecule has 0 saturated heterocycles. The number of aryl methyl sites for hydroxylation is 1. The van der Waals surface area contributed by atoms with E-state index in [4.69, 9.17) is 11.6 Å². The number of nitrogens with zero attached hydrogens (tertiary/aromatic N) is 4. The van der Waals surface area contributed by atoms with E-state index in [0.29, 0.717) is 5.15 Å². The van der Waals surface area contributed by atoms with Crippen LogP contribution in [0.1, 0.15) is 31.7 Å². The van der Waals surface area contributed by atoms with Crippen molar-refractivity contribution in [2.75, 3.05) is 0 Å². The molecule has 0 unspecified atom stereocenters. The molecule has 0 aliphatic rings. The van der Waals surface area contributed by atoms with E-state index in [1.54, 1.807) is 6.20 Å². The Hall–Kier alpha value is -1.42. The maximum Gasteiger partial charge on any atom is 0.146 e. The smallest absolute Gasteiger partial charge is 0.146 e. The molecular weight excluding hydrogens is 236 g/mol. The first-order valence-corrected chi connectivity index (χ1v) is 6.17. The molecule has 0 radical (unpaired) electrons. The maximum atomic E-state index is 6.09. The summed E-state index contributed by atoms with van der Waals surface area (Å²) in [7, 11) is 0. The van der Waals surface area contributed by atoms with Gasteiger partial charge in [-0.05, 0) is 12.8 Å². The summed E-state index contributed by atoms with van der Waals surface area (Å²) in [6.45, 7) is 4.18. The van der Waals surface area contributed by atoms with Crippen LogP contribution in [0, 0.1) is 0 Å². The van der Waals surface area contributed by atoms with Gasteiger partial charge >= 0.3 is 0 Å². The van der Waals surface area contributed by atoms with Crippen LogP contribution in [0.25, 0.3) is 5.82 Å². The molecule has 4 nitrogen and oxygen atoms in total. The fourth-order valence-corrected chi connectivity index (χ4v) is 2.09. The Balaban J connectivity index is 2.52. The molecule has 0 aromatic carbocycles. The van der Waals surface area contributed by atoms with Gasteiger partial charge in [-0.15, -0.1) is 0 Å². The number of halogens is 1. The van der Waals surface area contributed by atoms with Gasteiger partial charge in [0.15, 0.2) is 0 Å². The van der Waals surface area contributed by atoms with Gasteiger partial charge in [0.05, 0.1) is 0 Å². The molecule has 0 spiro atoms. The van der Waals surface area contributed by atoms with Crippen molar-refractivity contribution in [3.05, 3.63) is 35.3 Å². The van der Waals surface area contributed by atoms with Crippen molar-refractivity contribution in [1.29, 1.82) is 0 Å². The number of hydrogen-bond acceptors (Lipinski definition) is 3. The van der Waals surface area contributed by atoms with Crippen LogP contribution in [-0.4, -0.2) is 19.5 Å². The molecule has 0 amide bonds. The summed E-state index contributed by atoms with van der Waals surface area (Å²) in [5.74, 6) is 1.85. The number of aromatic nitrogens is 4. The summed E-state index contributed by atoms with van der Waals surface area (Å²) in [4.78, 5) is 12.7. The Morgan fingerprint density at radius 2 is 2.06 bits per heavy atom. The summed E-state index contributed by atoms with van der Waals surface area (Å²) in [6.07, 6.45) is 7.99. The molecule has 0 atom stereocenters. The number of rotatable bonds is 4. The second kappa shape index (κ2) is 5.27. The van der Waals surface area contributed by atoms with Crippen LogP contribution in [0.15, 0.2) is 18.7 Å². The molecular formula is C12H15ClN4. The van der Waals surface area contributed by atoms with Crippen molar-refractivity contribution in [3.8, 4) is 5.82 Å². The van der Waals surface area contributed by atoms with E-state index in [0.717, 1.165) is 36.5 Å². The Morgan fingerprint density at radius 1 is 1.24 bits per heavy atom. The lowest BCUT2D eigenvalue weighted by molar-refractivity contribution is 0.787. The minimum atomic E-state index is 0.522. The van der Waals surface area contributed by atoms with E-state index in [1.165, 1.54) is 6.33 Å². The van der Waals surface area contributed by atoms with Crippen molar-refractivity contribution in [2.24, 2.45) is 0 Å². The highest BCUT2D eigenvalue weighted by Gasteiger charge is 2.12. The predicted octanol–water partition coefficient (Wildman–Crippen LogP) is 2.83. The van der Waals surface area contributed by atoms with E-state index in [-0.39, 0.29) is 0 Å². The Morgan fingerprint density at radius 3 is 2.76 bits per heavy atom. The largest absolute Gasteiger partial charge is 0.288 e. The fraction of sp³-hybridized carbons (Fsp3) is 0.417. The van der Waals surface area contributed by atoms with Crippen LogP contribution in [0.2, 0.25) is 5.15 Å². The van der Waals surface area contributed by atoms with Crippen molar-refractivity contribution < 1.29 is 0 Å². The van der Waals surface area contributed by atoms with Gasteiger partial charge in [-0.3, -0.25) is 4.57 Å². The van der Waals surface area contributed by atoms with Crippen LogP contribution in [0.4, 0.5) is 0 Å². The van der Waals surface area contributed by atoms with Gasteiger partial charge < -0.3 is 0 Å². The van der Waals surface area contributed by atoms with Gasteiger partial charge in [0.1, 0.15) is 23.1 Å². The van der Waals surface area contributed by atoms with Gasteiger partial charge in [-0.25, -0.2) is 15.0 Å². The molecule has 17 heavy (non-hydrogen) atoms. The first-order chi connectivity index (χ1) is 8.27. The molecule has 90 valence electrons. The third-order valence-electron chi connectivity index (χ3n) is 2.64. The van der Waals surface area contributed by atoms with Gasteiger partial charge in [0, 0.05) is 24.4 Å². The van der Waals surface area contributed by atoms with Crippen LogP contribution in [0.5, 0.6) is 0 Å². The molecule has 2 aromatic rings. The highest BCUT2D eigenvalue weighted by Crippen LogP contribution is 2.20. The second-order valence-electron chi connectivity index (χ2n) is 3.78. The second-order valence-corrected chi connectivity index (χ2v) is 4.14. The van der Waals surface area contributed by atoms with Crippen LogP contribution in [0.3, 0.4) is 0 Å². The zero-order chi connectivity index (χ0) is 12.3. The molecule has 2 rings (SSSR count). The third kappa shape index (κ3) is 2.31. The van der Waals surface area contributed by atoms with Crippen LogP contribution in [-0.2, 0) is 12.8 Å². The number of hydrogen-bond donors (Lipinski definition) is 0. The van der Waals surface area contributed by atoms with Crippen molar-refractivity contribution >= 4 is 11.6 Å². The zero-order valence-electron chi connectivity index (χ0n) is 10.0. The molecule has 2 heterocycles. The van der Waals surface area contributed by atoms with Gasteiger partial charge in [0.2, 0.25) is 0 Å². The zero-order valence-corrected chi connectivity index (χ0v) is 10.8. The average molecular weight is 251 g/mol. The average Bonchev–Trinajstić information content (AvgIpc) is 2.77. The summed E-state index contributed by atoms with van der Waals surface area (Å²) < 4.78 is 2.00. The third-order valence-corrected chi connectivity index (χ3v) is 2.97. The minimum absolute atomic E-state index is 0.522. The Labute approximate surface area is 106 Å². The van der Waals surface area contributed by atoms with Gasteiger partial charge in [0.25, 0.3) is 0 Å². The normalized spacial score (nSPS) is 10.8. The Kier molecular flexibility index (Phi) is 3.74. The highest BCUT2D eigenvalue weighted by atomic mass is 35.5. The van der Waals surface area contributed by atoms with E-state index in [2.05, 4.69) is 21.9 Å².